The molecule has 0 aromatic rings. The Morgan fingerprint density at radius 1 is 1.75 bits per heavy atom. The smallest absolute Gasteiger partial charge is 0.0633 e. The fourth-order valence-electron chi connectivity index (χ4n) is 0.257. The van der Waals surface area contributed by atoms with Crippen molar-refractivity contribution in [1.82, 2.24) is 0 Å². The second-order valence-corrected chi connectivity index (χ2v) is 2.38. The minimum atomic E-state index is -1.02. The average molecular weight is 136 g/mol. The molecule has 0 aliphatic carbocycles. The molecular formula is C4H10NO2S-. The van der Waals surface area contributed by atoms with Crippen molar-refractivity contribution in [2.24, 2.45) is 4.36 Å². The zero-order valence-corrected chi connectivity index (χ0v) is 5.90. The molecule has 0 saturated carbocycles. The maximum atomic E-state index is 10.2. The highest BCUT2D eigenvalue weighted by Crippen LogP contribution is 1.71. The van der Waals surface area contributed by atoms with Gasteiger partial charge in [-0.3, -0.25) is 0 Å². The van der Waals surface area contributed by atoms with Crippen LogP contribution in [-0.4, -0.2) is 26.5 Å². The minimum Gasteiger partial charge on any atom is -0.445 e. The predicted octanol–water partition coefficient (Wildman–Crippen LogP) is 0.410. The van der Waals surface area contributed by atoms with Crippen LogP contribution in [0.15, 0.2) is 4.36 Å². The third-order valence-corrected chi connectivity index (χ3v) is 1.11. The summed E-state index contributed by atoms with van der Waals surface area (Å²) in [4.78, 5) is 0. The zero-order chi connectivity index (χ0) is 6.41. The summed E-state index contributed by atoms with van der Waals surface area (Å²) in [5.74, 6) is 0. The van der Waals surface area contributed by atoms with Gasteiger partial charge in [0.1, 0.15) is 0 Å². The molecule has 0 aromatic carbocycles. The van der Waals surface area contributed by atoms with E-state index in [1.54, 1.807) is 7.11 Å². The van der Waals surface area contributed by atoms with Crippen molar-refractivity contribution in [2.75, 3.05) is 26.5 Å². The van der Waals surface area contributed by atoms with Gasteiger partial charge >= 0.3 is 0 Å². The van der Waals surface area contributed by atoms with E-state index in [-0.39, 0.29) is 0 Å². The molecule has 0 unspecified atom stereocenters. The van der Waals surface area contributed by atoms with Crippen LogP contribution in [0.2, 0.25) is 0 Å². The Labute approximate surface area is 51.3 Å². The molecule has 4 heteroatoms. The summed E-state index contributed by atoms with van der Waals surface area (Å²) >= 11 is 0. The molecular weight excluding hydrogens is 126 g/mol. The number of nitrogens with zero attached hydrogens (tertiary/aromatic N) is 1. The third kappa shape index (κ3) is 5.91. The SMILES string of the molecule is COCCN=[S-](C)=O. The van der Waals surface area contributed by atoms with Crippen molar-refractivity contribution < 1.29 is 8.95 Å². The van der Waals surface area contributed by atoms with Crippen LogP contribution in [0, 0.1) is 0 Å². The first-order chi connectivity index (χ1) is 3.77. The monoisotopic (exact) mass is 136 g/mol. The van der Waals surface area contributed by atoms with Crippen molar-refractivity contribution in [3.05, 3.63) is 0 Å². The molecule has 0 aliphatic heterocycles. The number of methoxy groups -OCH3 is 1. The first-order valence-corrected chi connectivity index (χ1v) is 3.79. The summed E-state index contributed by atoms with van der Waals surface area (Å²) in [5, 5.41) is 0. The first-order valence-electron chi connectivity index (χ1n) is 2.27. The van der Waals surface area contributed by atoms with Gasteiger partial charge in [-0.05, 0) is 0 Å². The van der Waals surface area contributed by atoms with Crippen LogP contribution in [0.25, 0.3) is 0 Å². The Balaban J connectivity index is 3.17. The van der Waals surface area contributed by atoms with Crippen molar-refractivity contribution >= 4 is 10.6 Å². The molecule has 0 amide bonds. The van der Waals surface area contributed by atoms with Gasteiger partial charge in [0, 0.05) is 13.7 Å². The van der Waals surface area contributed by atoms with Crippen molar-refractivity contribution in [3.8, 4) is 0 Å². The average Bonchev–Trinajstić information content (AvgIpc) is 1.66. The Kier molecular flexibility index (Phi) is 5.00. The highest BCUT2D eigenvalue weighted by molar-refractivity contribution is 7.73. The molecule has 0 bridgehead atoms. The fraction of sp³-hybridized carbons (Fsp3) is 1.00. The van der Waals surface area contributed by atoms with Gasteiger partial charge in [0.2, 0.25) is 0 Å². The molecule has 0 saturated heterocycles. The zero-order valence-electron chi connectivity index (χ0n) is 5.09. The van der Waals surface area contributed by atoms with Gasteiger partial charge < -0.3 is 13.3 Å². The van der Waals surface area contributed by atoms with Crippen LogP contribution in [0.3, 0.4) is 0 Å². The maximum Gasteiger partial charge on any atom is 0.0633 e. The lowest BCUT2D eigenvalue weighted by molar-refractivity contribution is 0.208. The summed E-state index contributed by atoms with van der Waals surface area (Å²) < 4.78 is 18.5. The summed E-state index contributed by atoms with van der Waals surface area (Å²) in [6.45, 7) is 1.08. The van der Waals surface area contributed by atoms with Gasteiger partial charge in [-0.2, -0.15) is 10.6 Å². The molecule has 0 N–H and O–H groups in total. The molecule has 8 heavy (non-hydrogen) atoms. The molecule has 0 heterocycles. The quantitative estimate of drug-likeness (QED) is 0.416. The first kappa shape index (κ1) is 7.91. The number of hydrogen-bond donors (Lipinski definition) is 0. The minimum absolute atomic E-state index is 0.527. The second kappa shape index (κ2) is 5.05. The molecule has 0 fully saturated rings. The number of hydrogen-bond acceptors (Lipinski definition) is 4. The van der Waals surface area contributed by atoms with Crippen LogP contribution >= 0.6 is 0 Å². The Morgan fingerprint density at radius 2 is 2.38 bits per heavy atom. The predicted molar refractivity (Wildman–Crippen MR) is 33.1 cm³/mol. The third-order valence-electron chi connectivity index (χ3n) is 0.569. The van der Waals surface area contributed by atoms with Crippen LogP contribution in [0.1, 0.15) is 0 Å². The van der Waals surface area contributed by atoms with Crippen LogP contribution < -0.4 is 0 Å². The summed E-state index contributed by atoms with van der Waals surface area (Å²) in [5.41, 5.74) is 0. The van der Waals surface area contributed by atoms with E-state index in [1.807, 2.05) is 0 Å². The Bertz CT molecular complexity index is 117. The lowest BCUT2D eigenvalue weighted by Gasteiger charge is -1.94. The Hall–Kier alpha value is -0.0900. The maximum absolute atomic E-state index is 10.2. The highest BCUT2D eigenvalue weighted by atomic mass is 32.2. The van der Waals surface area contributed by atoms with Crippen molar-refractivity contribution in [1.29, 1.82) is 0 Å². The van der Waals surface area contributed by atoms with E-state index in [1.165, 1.54) is 6.26 Å². The second-order valence-electron chi connectivity index (χ2n) is 1.27. The van der Waals surface area contributed by atoms with Gasteiger partial charge in [-0.25, -0.2) is 0 Å². The van der Waals surface area contributed by atoms with Crippen LogP contribution in [0.5, 0.6) is 0 Å². The number of ether oxygens (including phenoxy) is 1. The molecule has 0 aromatic heterocycles. The van der Waals surface area contributed by atoms with Gasteiger partial charge in [0.05, 0.1) is 6.61 Å². The molecule has 50 valence electrons. The normalized spacial score (nSPS) is 14.2. The van der Waals surface area contributed by atoms with E-state index in [4.69, 9.17) is 0 Å². The molecule has 0 atom stereocenters. The van der Waals surface area contributed by atoms with E-state index in [0.29, 0.717) is 13.2 Å². The van der Waals surface area contributed by atoms with Gasteiger partial charge in [-0.15, -0.1) is 6.26 Å². The van der Waals surface area contributed by atoms with E-state index in [0.717, 1.165) is 0 Å². The van der Waals surface area contributed by atoms with E-state index in [2.05, 4.69) is 9.10 Å². The van der Waals surface area contributed by atoms with Crippen LogP contribution in [0.4, 0.5) is 0 Å². The van der Waals surface area contributed by atoms with Crippen LogP contribution in [-0.2, 0) is 19.5 Å². The van der Waals surface area contributed by atoms with E-state index in [9.17, 15) is 4.21 Å². The summed E-state index contributed by atoms with van der Waals surface area (Å²) in [7, 11) is 0.569. The lowest BCUT2D eigenvalue weighted by Crippen LogP contribution is -1.91. The topological polar surface area (TPSA) is 38.7 Å². The van der Waals surface area contributed by atoms with Gasteiger partial charge in [0.25, 0.3) is 0 Å². The standard InChI is InChI=1S/C4H10NO2S/c1-7-4-3-5-8(2)6/h3-4H2,1-2H3/q-1. The molecule has 0 spiro atoms. The molecule has 0 aliphatic rings. The fourth-order valence-corrected chi connectivity index (χ4v) is 0.589. The molecule has 3 nitrogen and oxygen atoms in total. The van der Waals surface area contributed by atoms with Gasteiger partial charge in [-0.1, -0.05) is 0 Å². The van der Waals surface area contributed by atoms with Crippen molar-refractivity contribution in [3.63, 3.8) is 0 Å². The lowest BCUT2D eigenvalue weighted by atomic mass is 10.7. The Morgan fingerprint density at radius 3 is 2.75 bits per heavy atom. The van der Waals surface area contributed by atoms with E-state index >= 15 is 0 Å². The number of rotatable bonds is 3. The highest BCUT2D eigenvalue weighted by Gasteiger charge is 1.70. The van der Waals surface area contributed by atoms with E-state index < -0.39 is 10.6 Å². The van der Waals surface area contributed by atoms with Gasteiger partial charge in [0.15, 0.2) is 0 Å². The summed E-state index contributed by atoms with van der Waals surface area (Å²) in [6.07, 6.45) is 1.54. The van der Waals surface area contributed by atoms with Crippen molar-refractivity contribution in [2.45, 2.75) is 0 Å². The largest absolute Gasteiger partial charge is 0.445 e. The molecule has 0 rings (SSSR count). The summed E-state index contributed by atoms with van der Waals surface area (Å²) in [6, 6.07) is 0. The molecule has 0 radical (unpaired) electrons.